The molecule has 3 heterocycles. The zero-order chi connectivity index (χ0) is 15.9. The Balaban J connectivity index is 1.78. The third kappa shape index (κ3) is 2.62. The van der Waals surface area contributed by atoms with Crippen LogP contribution in [0.15, 0.2) is 0 Å². The van der Waals surface area contributed by atoms with Crippen molar-refractivity contribution in [1.82, 2.24) is 19.6 Å². The molecule has 2 aliphatic rings. The van der Waals surface area contributed by atoms with Crippen LogP contribution in [0.2, 0.25) is 0 Å². The van der Waals surface area contributed by atoms with Crippen LogP contribution in [0.3, 0.4) is 0 Å². The zero-order valence-electron chi connectivity index (χ0n) is 13.3. The number of likely N-dealkylation sites (tertiary alicyclic amines) is 1. The molecule has 3 rings (SSSR count). The standard InChI is InChI=1S/C15H22N4O2S/c1-10-15(11(2)17(3)16-10)12-5-4-6-19(12)13(20)7-18-9-22-8-14(18)21/h12H,4-9H2,1-3H3/t12-/m1/s1. The van der Waals surface area contributed by atoms with Crippen LogP contribution >= 0.6 is 11.8 Å². The van der Waals surface area contributed by atoms with Gasteiger partial charge in [0, 0.05) is 24.8 Å². The van der Waals surface area contributed by atoms with Crippen molar-refractivity contribution >= 4 is 23.6 Å². The van der Waals surface area contributed by atoms with Crippen LogP contribution in [-0.2, 0) is 16.6 Å². The molecule has 120 valence electrons. The number of rotatable bonds is 3. The smallest absolute Gasteiger partial charge is 0.242 e. The van der Waals surface area contributed by atoms with E-state index in [-0.39, 0.29) is 24.4 Å². The average molecular weight is 322 g/mol. The van der Waals surface area contributed by atoms with Crippen LogP contribution in [0.5, 0.6) is 0 Å². The van der Waals surface area contributed by atoms with Gasteiger partial charge in [-0.1, -0.05) is 0 Å². The quantitative estimate of drug-likeness (QED) is 0.840. The molecule has 0 aliphatic carbocycles. The Morgan fingerprint density at radius 2 is 2.18 bits per heavy atom. The topological polar surface area (TPSA) is 58.4 Å². The molecule has 2 fully saturated rings. The van der Waals surface area contributed by atoms with Crippen LogP contribution in [0, 0.1) is 13.8 Å². The number of amides is 2. The predicted octanol–water partition coefficient (Wildman–Crippen LogP) is 1.23. The molecule has 2 amide bonds. The van der Waals surface area contributed by atoms with Gasteiger partial charge in [0.25, 0.3) is 0 Å². The van der Waals surface area contributed by atoms with Crippen molar-refractivity contribution in [3.8, 4) is 0 Å². The minimum Gasteiger partial charge on any atom is -0.334 e. The summed E-state index contributed by atoms with van der Waals surface area (Å²) in [7, 11) is 1.94. The monoisotopic (exact) mass is 322 g/mol. The highest BCUT2D eigenvalue weighted by Crippen LogP contribution is 2.35. The minimum absolute atomic E-state index is 0.0565. The summed E-state index contributed by atoms with van der Waals surface area (Å²) in [5, 5.41) is 4.48. The number of aromatic nitrogens is 2. The van der Waals surface area contributed by atoms with Gasteiger partial charge in [0.2, 0.25) is 11.8 Å². The van der Waals surface area contributed by atoms with Crippen LogP contribution in [-0.4, -0.2) is 56.1 Å². The molecular weight excluding hydrogens is 300 g/mol. The van der Waals surface area contributed by atoms with Crippen molar-refractivity contribution in [2.45, 2.75) is 32.7 Å². The predicted molar refractivity (Wildman–Crippen MR) is 85.4 cm³/mol. The van der Waals surface area contributed by atoms with E-state index in [9.17, 15) is 9.59 Å². The summed E-state index contributed by atoms with van der Waals surface area (Å²) < 4.78 is 1.88. The van der Waals surface area contributed by atoms with Crippen molar-refractivity contribution in [3.63, 3.8) is 0 Å². The molecule has 0 bridgehead atoms. The highest BCUT2D eigenvalue weighted by Gasteiger charge is 2.35. The second-order valence-corrected chi connectivity index (χ2v) is 6.98. The Labute approximate surface area is 134 Å². The van der Waals surface area contributed by atoms with Gasteiger partial charge in [-0.25, -0.2) is 0 Å². The van der Waals surface area contributed by atoms with E-state index in [4.69, 9.17) is 0 Å². The number of thioether (sulfide) groups is 1. The number of nitrogens with zero attached hydrogens (tertiary/aromatic N) is 4. The van der Waals surface area contributed by atoms with E-state index in [0.717, 1.165) is 30.8 Å². The molecule has 1 atom stereocenters. The molecule has 0 radical (unpaired) electrons. The summed E-state index contributed by atoms with van der Waals surface area (Å²) in [6, 6.07) is 0.103. The van der Waals surface area contributed by atoms with E-state index in [1.165, 1.54) is 5.56 Å². The lowest BCUT2D eigenvalue weighted by Gasteiger charge is -2.27. The lowest BCUT2D eigenvalue weighted by Crippen LogP contribution is -2.40. The number of carbonyl (C=O) groups excluding carboxylic acids is 2. The van der Waals surface area contributed by atoms with Crippen LogP contribution in [0.1, 0.15) is 35.8 Å². The van der Waals surface area contributed by atoms with Crippen LogP contribution in [0.4, 0.5) is 0 Å². The molecule has 0 N–H and O–H groups in total. The fraction of sp³-hybridized carbons (Fsp3) is 0.667. The molecular formula is C15H22N4O2S. The molecule has 0 aromatic carbocycles. The van der Waals surface area contributed by atoms with Crippen molar-refractivity contribution in [1.29, 1.82) is 0 Å². The van der Waals surface area contributed by atoms with Crippen molar-refractivity contribution in [3.05, 3.63) is 17.0 Å². The lowest BCUT2D eigenvalue weighted by molar-refractivity contribution is -0.138. The maximum atomic E-state index is 12.7. The van der Waals surface area contributed by atoms with Gasteiger partial charge in [0.15, 0.2) is 0 Å². The van der Waals surface area contributed by atoms with E-state index in [2.05, 4.69) is 12.0 Å². The molecule has 6 nitrogen and oxygen atoms in total. The van der Waals surface area contributed by atoms with Crippen molar-refractivity contribution < 1.29 is 9.59 Å². The van der Waals surface area contributed by atoms with Crippen molar-refractivity contribution in [2.24, 2.45) is 7.05 Å². The number of hydrogen-bond donors (Lipinski definition) is 0. The number of carbonyl (C=O) groups is 2. The number of aryl methyl sites for hydroxylation is 2. The van der Waals surface area contributed by atoms with Gasteiger partial charge < -0.3 is 9.80 Å². The SMILES string of the molecule is Cc1nn(C)c(C)c1[C@H]1CCCN1C(=O)CN1CSCC1=O. The van der Waals surface area contributed by atoms with Gasteiger partial charge >= 0.3 is 0 Å². The zero-order valence-corrected chi connectivity index (χ0v) is 14.2. The molecule has 2 aliphatic heterocycles. The fourth-order valence-corrected chi connectivity index (χ4v) is 4.34. The van der Waals surface area contributed by atoms with E-state index in [1.807, 2.05) is 23.6 Å². The first kappa shape index (κ1) is 15.4. The summed E-state index contributed by atoms with van der Waals surface area (Å²) in [5.41, 5.74) is 3.29. The minimum atomic E-state index is 0.0565. The molecule has 1 aromatic rings. The first-order chi connectivity index (χ1) is 10.5. The first-order valence-corrected chi connectivity index (χ1v) is 8.79. The summed E-state index contributed by atoms with van der Waals surface area (Å²) in [5.74, 6) is 1.26. The fourth-order valence-electron chi connectivity index (χ4n) is 3.43. The Bertz CT molecular complexity index is 613. The average Bonchev–Trinajstić information content (AvgIpc) is 3.13. The Hall–Kier alpha value is -1.50. The third-order valence-electron chi connectivity index (χ3n) is 4.62. The highest BCUT2D eigenvalue weighted by molar-refractivity contribution is 8.00. The van der Waals surface area contributed by atoms with Gasteiger partial charge in [-0.3, -0.25) is 14.3 Å². The summed E-state index contributed by atoms with van der Waals surface area (Å²) in [6.45, 7) is 5.04. The Morgan fingerprint density at radius 1 is 1.41 bits per heavy atom. The molecule has 0 saturated carbocycles. The maximum absolute atomic E-state index is 12.7. The van der Waals surface area contributed by atoms with Gasteiger partial charge in [-0.2, -0.15) is 5.10 Å². The largest absolute Gasteiger partial charge is 0.334 e. The Morgan fingerprint density at radius 3 is 2.77 bits per heavy atom. The van der Waals surface area contributed by atoms with Gasteiger partial charge in [-0.05, 0) is 26.7 Å². The molecule has 0 spiro atoms. The lowest BCUT2D eigenvalue weighted by atomic mass is 10.0. The van der Waals surface area contributed by atoms with E-state index < -0.39 is 0 Å². The molecule has 2 saturated heterocycles. The summed E-state index contributed by atoms with van der Waals surface area (Å²) in [4.78, 5) is 28.0. The molecule has 0 unspecified atom stereocenters. The van der Waals surface area contributed by atoms with Crippen LogP contribution in [0.25, 0.3) is 0 Å². The maximum Gasteiger partial charge on any atom is 0.242 e. The summed E-state index contributed by atoms with van der Waals surface area (Å²) in [6.07, 6.45) is 1.98. The Kier molecular flexibility index (Phi) is 4.16. The van der Waals surface area contributed by atoms with Gasteiger partial charge in [0.1, 0.15) is 6.54 Å². The highest BCUT2D eigenvalue weighted by atomic mass is 32.2. The van der Waals surface area contributed by atoms with E-state index >= 15 is 0 Å². The van der Waals surface area contributed by atoms with Gasteiger partial charge in [-0.15, -0.1) is 11.8 Å². The normalized spacial score (nSPS) is 22.0. The third-order valence-corrected chi connectivity index (χ3v) is 5.57. The number of hydrogen-bond acceptors (Lipinski definition) is 4. The molecule has 22 heavy (non-hydrogen) atoms. The summed E-state index contributed by atoms with van der Waals surface area (Å²) >= 11 is 1.57. The second kappa shape index (κ2) is 5.95. The molecule has 1 aromatic heterocycles. The molecule has 7 heteroatoms. The van der Waals surface area contributed by atoms with Gasteiger partial charge in [0.05, 0.1) is 23.4 Å². The first-order valence-electron chi connectivity index (χ1n) is 7.64. The van der Waals surface area contributed by atoms with Crippen LogP contribution < -0.4 is 0 Å². The van der Waals surface area contributed by atoms with E-state index in [0.29, 0.717) is 11.6 Å². The van der Waals surface area contributed by atoms with E-state index in [1.54, 1.807) is 16.7 Å². The van der Waals surface area contributed by atoms with Crippen molar-refractivity contribution in [2.75, 3.05) is 24.7 Å². The second-order valence-electron chi connectivity index (χ2n) is 6.02.